The number of hydrogen-bond acceptors (Lipinski definition) is 3. The van der Waals surface area contributed by atoms with E-state index in [1.165, 1.54) is 0 Å². The molecule has 104 valence electrons. The summed E-state index contributed by atoms with van der Waals surface area (Å²) in [6.45, 7) is 1.37. The van der Waals surface area contributed by atoms with E-state index in [1.807, 2.05) is 42.5 Å². The summed E-state index contributed by atoms with van der Waals surface area (Å²) in [5.74, 6) is 0.798. The van der Waals surface area contributed by atoms with E-state index in [2.05, 4.69) is 15.6 Å². The van der Waals surface area contributed by atoms with E-state index >= 15 is 0 Å². The van der Waals surface area contributed by atoms with Crippen molar-refractivity contribution in [2.45, 2.75) is 6.54 Å². The molecule has 0 bridgehead atoms. The fourth-order valence-corrected chi connectivity index (χ4v) is 1.60. The normalized spacial score (nSPS) is 9.80. The number of carbonyl (C=O) groups is 1. The summed E-state index contributed by atoms with van der Waals surface area (Å²) >= 11 is 0. The van der Waals surface area contributed by atoms with Crippen LogP contribution in [0, 0.1) is 0 Å². The van der Waals surface area contributed by atoms with Crippen LogP contribution in [0.25, 0.3) is 0 Å². The lowest BCUT2D eigenvalue weighted by Crippen LogP contribution is -2.37. The minimum absolute atomic E-state index is 0.210. The molecule has 5 nitrogen and oxygen atoms in total. The van der Waals surface area contributed by atoms with Crippen molar-refractivity contribution in [3.63, 3.8) is 0 Å². The van der Waals surface area contributed by atoms with Gasteiger partial charge in [0.05, 0.1) is 6.54 Å². The zero-order valence-corrected chi connectivity index (χ0v) is 11.1. The SMILES string of the molecule is O=C(NCCOc1ccccc1)NCc1ccncc1. The Labute approximate surface area is 118 Å². The topological polar surface area (TPSA) is 63.2 Å². The number of para-hydroxylation sites is 1. The Morgan fingerprint density at radius 2 is 1.80 bits per heavy atom. The van der Waals surface area contributed by atoms with Crippen LogP contribution in [-0.2, 0) is 6.54 Å². The number of rotatable bonds is 6. The van der Waals surface area contributed by atoms with Crippen LogP contribution >= 0.6 is 0 Å². The Bertz CT molecular complexity index is 517. The average molecular weight is 271 g/mol. The minimum atomic E-state index is -0.210. The maximum Gasteiger partial charge on any atom is 0.315 e. The van der Waals surface area contributed by atoms with Crippen molar-refractivity contribution in [3.8, 4) is 5.75 Å². The first-order chi connectivity index (χ1) is 9.84. The standard InChI is InChI=1S/C15H17N3O2/c19-15(18-12-13-6-8-16-9-7-13)17-10-11-20-14-4-2-1-3-5-14/h1-9H,10-12H2,(H2,17,18,19). The first-order valence-electron chi connectivity index (χ1n) is 6.43. The average Bonchev–Trinajstić information content (AvgIpc) is 2.52. The van der Waals surface area contributed by atoms with Crippen LogP contribution in [0.1, 0.15) is 5.56 Å². The number of nitrogens with zero attached hydrogens (tertiary/aromatic N) is 1. The minimum Gasteiger partial charge on any atom is -0.492 e. The second-order valence-electron chi connectivity index (χ2n) is 4.13. The van der Waals surface area contributed by atoms with E-state index in [0.29, 0.717) is 19.7 Å². The smallest absolute Gasteiger partial charge is 0.315 e. The van der Waals surface area contributed by atoms with Crippen molar-refractivity contribution < 1.29 is 9.53 Å². The molecule has 0 aliphatic heterocycles. The number of benzene rings is 1. The molecule has 0 spiro atoms. The van der Waals surface area contributed by atoms with Crippen molar-refractivity contribution in [2.75, 3.05) is 13.2 Å². The Morgan fingerprint density at radius 3 is 2.55 bits per heavy atom. The van der Waals surface area contributed by atoms with Crippen molar-refractivity contribution in [3.05, 3.63) is 60.4 Å². The van der Waals surface area contributed by atoms with Crippen LogP contribution < -0.4 is 15.4 Å². The van der Waals surface area contributed by atoms with Gasteiger partial charge >= 0.3 is 6.03 Å². The Kier molecular flexibility index (Phi) is 5.39. The first kappa shape index (κ1) is 13.9. The highest BCUT2D eigenvalue weighted by molar-refractivity contribution is 5.73. The van der Waals surface area contributed by atoms with Gasteiger partial charge in [0.1, 0.15) is 12.4 Å². The molecule has 2 rings (SSSR count). The fraction of sp³-hybridized carbons (Fsp3) is 0.200. The zero-order valence-electron chi connectivity index (χ0n) is 11.1. The number of amides is 2. The number of urea groups is 1. The van der Waals surface area contributed by atoms with E-state index in [4.69, 9.17) is 4.74 Å². The van der Waals surface area contributed by atoms with Crippen LogP contribution in [-0.4, -0.2) is 24.2 Å². The highest BCUT2D eigenvalue weighted by atomic mass is 16.5. The Balaban J connectivity index is 1.59. The molecular weight excluding hydrogens is 254 g/mol. The summed E-state index contributed by atoms with van der Waals surface area (Å²) in [6.07, 6.45) is 3.39. The highest BCUT2D eigenvalue weighted by Crippen LogP contribution is 2.07. The van der Waals surface area contributed by atoms with E-state index < -0.39 is 0 Å². The number of pyridine rings is 1. The maximum atomic E-state index is 11.5. The Hall–Kier alpha value is -2.56. The third-order valence-corrected chi connectivity index (χ3v) is 2.60. The van der Waals surface area contributed by atoms with Gasteiger partial charge in [-0.1, -0.05) is 18.2 Å². The molecule has 1 heterocycles. The van der Waals surface area contributed by atoms with Gasteiger partial charge < -0.3 is 15.4 Å². The lowest BCUT2D eigenvalue weighted by Gasteiger charge is -2.09. The molecule has 2 N–H and O–H groups in total. The largest absolute Gasteiger partial charge is 0.492 e. The van der Waals surface area contributed by atoms with Crippen LogP contribution in [0.4, 0.5) is 4.79 Å². The van der Waals surface area contributed by atoms with Gasteiger partial charge in [-0.25, -0.2) is 4.79 Å². The van der Waals surface area contributed by atoms with Gasteiger partial charge in [-0.15, -0.1) is 0 Å². The van der Waals surface area contributed by atoms with E-state index in [1.54, 1.807) is 12.4 Å². The summed E-state index contributed by atoms with van der Waals surface area (Å²) in [4.78, 5) is 15.5. The zero-order chi connectivity index (χ0) is 14.0. The van der Waals surface area contributed by atoms with Crippen LogP contribution in [0.3, 0.4) is 0 Å². The summed E-state index contributed by atoms with van der Waals surface area (Å²) in [5.41, 5.74) is 1.01. The molecule has 5 heteroatoms. The van der Waals surface area contributed by atoms with Crippen LogP contribution in [0.2, 0.25) is 0 Å². The molecule has 0 atom stereocenters. The summed E-state index contributed by atoms with van der Waals surface area (Å²) < 4.78 is 5.47. The number of hydrogen-bond donors (Lipinski definition) is 2. The Morgan fingerprint density at radius 1 is 1.05 bits per heavy atom. The summed E-state index contributed by atoms with van der Waals surface area (Å²) in [7, 11) is 0. The van der Waals surface area contributed by atoms with Crippen LogP contribution in [0.5, 0.6) is 5.75 Å². The van der Waals surface area contributed by atoms with Crippen molar-refractivity contribution in [2.24, 2.45) is 0 Å². The molecule has 2 amide bonds. The molecule has 0 unspecified atom stereocenters. The van der Waals surface area contributed by atoms with E-state index in [-0.39, 0.29) is 6.03 Å². The molecule has 0 aliphatic rings. The molecule has 0 fully saturated rings. The van der Waals surface area contributed by atoms with Gasteiger partial charge in [-0.2, -0.15) is 0 Å². The predicted octanol–water partition coefficient (Wildman–Crippen LogP) is 1.96. The molecule has 0 saturated carbocycles. The molecule has 1 aromatic heterocycles. The molecule has 20 heavy (non-hydrogen) atoms. The van der Waals surface area contributed by atoms with Gasteiger partial charge in [-0.3, -0.25) is 4.98 Å². The van der Waals surface area contributed by atoms with E-state index in [0.717, 1.165) is 11.3 Å². The molecule has 1 aromatic carbocycles. The maximum absolute atomic E-state index is 11.5. The second kappa shape index (κ2) is 7.78. The highest BCUT2D eigenvalue weighted by Gasteiger charge is 1.99. The fourth-order valence-electron chi connectivity index (χ4n) is 1.60. The lowest BCUT2D eigenvalue weighted by atomic mass is 10.3. The molecule has 0 aliphatic carbocycles. The first-order valence-corrected chi connectivity index (χ1v) is 6.43. The number of aromatic nitrogens is 1. The van der Waals surface area contributed by atoms with Gasteiger partial charge in [0, 0.05) is 18.9 Å². The van der Waals surface area contributed by atoms with E-state index in [9.17, 15) is 4.79 Å². The van der Waals surface area contributed by atoms with Crippen molar-refractivity contribution in [1.29, 1.82) is 0 Å². The van der Waals surface area contributed by atoms with Gasteiger partial charge in [0.15, 0.2) is 0 Å². The second-order valence-corrected chi connectivity index (χ2v) is 4.13. The molecule has 0 saturated heterocycles. The number of ether oxygens (including phenoxy) is 1. The van der Waals surface area contributed by atoms with Gasteiger partial charge in [0.25, 0.3) is 0 Å². The quantitative estimate of drug-likeness (QED) is 0.789. The number of nitrogens with one attached hydrogen (secondary N) is 2. The monoisotopic (exact) mass is 271 g/mol. The van der Waals surface area contributed by atoms with Crippen molar-refractivity contribution in [1.82, 2.24) is 15.6 Å². The van der Waals surface area contributed by atoms with Gasteiger partial charge in [0.2, 0.25) is 0 Å². The van der Waals surface area contributed by atoms with Crippen LogP contribution in [0.15, 0.2) is 54.9 Å². The third kappa shape index (κ3) is 4.97. The third-order valence-electron chi connectivity index (χ3n) is 2.60. The molecule has 2 aromatic rings. The molecular formula is C15H17N3O2. The lowest BCUT2D eigenvalue weighted by molar-refractivity contribution is 0.236. The summed E-state index contributed by atoms with van der Waals surface area (Å²) in [5, 5.41) is 5.50. The summed E-state index contributed by atoms with van der Waals surface area (Å²) in [6, 6.07) is 13.0. The van der Waals surface area contributed by atoms with Gasteiger partial charge in [-0.05, 0) is 29.8 Å². The number of carbonyl (C=O) groups excluding carboxylic acids is 1. The predicted molar refractivity (Wildman–Crippen MR) is 76.4 cm³/mol. The van der Waals surface area contributed by atoms with Crippen molar-refractivity contribution >= 4 is 6.03 Å². The molecule has 0 radical (unpaired) electrons.